The largest absolute Gasteiger partial charge is 0.486 e. The van der Waals surface area contributed by atoms with Gasteiger partial charge in [0.15, 0.2) is 0 Å². The summed E-state index contributed by atoms with van der Waals surface area (Å²) in [7, 11) is 0. The van der Waals surface area contributed by atoms with E-state index in [0.717, 1.165) is 36.1 Å². The van der Waals surface area contributed by atoms with Gasteiger partial charge in [-0.25, -0.2) is 4.98 Å². The highest BCUT2D eigenvalue weighted by atomic mass is 35.5. The molecule has 0 saturated carbocycles. The minimum atomic E-state index is 0. The van der Waals surface area contributed by atoms with E-state index in [1.165, 1.54) is 5.56 Å². The molecule has 4 nitrogen and oxygen atoms in total. The number of nitrogens with two attached hydrogens (primary N) is 1. The van der Waals surface area contributed by atoms with E-state index in [-0.39, 0.29) is 18.4 Å². The maximum Gasteiger partial charge on any atom is 0.140 e. The van der Waals surface area contributed by atoms with Crippen LogP contribution in [0.3, 0.4) is 0 Å². The van der Waals surface area contributed by atoms with Crippen molar-refractivity contribution in [2.24, 2.45) is 5.73 Å². The molecule has 1 aliphatic heterocycles. The number of likely N-dealkylation sites (tertiary alicyclic amines) is 1. The van der Waals surface area contributed by atoms with Crippen LogP contribution in [-0.2, 0) is 13.2 Å². The molecule has 0 spiro atoms. The summed E-state index contributed by atoms with van der Waals surface area (Å²) in [5, 5.41) is 3.79. The van der Waals surface area contributed by atoms with Crippen LogP contribution in [0.25, 0.3) is 0 Å². The highest BCUT2D eigenvalue weighted by molar-refractivity contribution is 7.09. The molecule has 4 rings (SSSR count). The van der Waals surface area contributed by atoms with Crippen molar-refractivity contribution in [2.75, 3.05) is 13.1 Å². The van der Waals surface area contributed by atoms with Gasteiger partial charge in [-0.05, 0) is 29.8 Å². The molecule has 148 valence electrons. The smallest absolute Gasteiger partial charge is 0.140 e. The summed E-state index contributed by atoms with van der Waals surface area (Å²) in [5.74, 6) is 1.19. The normalized spacial score (nSPS) is 19.4. The standard InChI is InChI=1S/C21H22ClN3OS.ClH/c22-16-6-8-18(9-7-16)26-13-21-24-17(14-27-21)10-25-11-19(20(23)12-25)15-4-2-1-3-5-15;/h1-9,14,19-20H,10-13,23H2;1H/t19-,20+;/m0./s1. The molecular formula is C21H23Cl2N3OS. The lowest BCUT2D eigenvalue weighted by Gasteiger charge is -2.15. The van der Waals surface area contributed by atoms with Gasteiger partial charge < -0.3 is 10.5 Å². The number of thiazole rings is 1. The number of rotatable bonds is 6. The van der Waals surface area contributed by atoms with Crippen molar-refractivity contribution >= 4 is 35.3 Å². The predicted octanol–water partition coefficient (Wildman–Crippen LogP) is 4.72. The van der Waals surface area contributed by atoms with Crippen LogP contribution in [0.5, 0.6) is 5.75 Å². The summed E-state index contributed by atoms with van der Waals surface area (Å²) in [6.07, 6.45) is 0. The fraction of sp³-hybridized carbons (Fsp3) is 0.286. The maximum atomic E-state index is 6.39. The van der Waals surface area contributed by atoms with Gasteiger partial charge in [-0.1, -0.05) is 41.9 Å². The predicted molar refractivity (Wildman–Crippen MR) is 118 cm³/mol. The Bertz CT molecular complexity index is 873. The third-order valence-corrected chi connectivity index (χ3v) is 5.95. The molecule has 28 heavy (non-hydrogen) atoms. The lowest BCUT2D eigenvalue weighted by molar-refractivity contribution is 0.302. The first-order valence-corrected chi connectivity index (χ1v) is 10.3. The van der Waals surface area contributed by atoms with Crippen LogP contribution in [0.4, 0.5) is 0 Å². The minimum Gasteiger partial charge on any atom is -0.486 e. The monoisotopic (exact) mass is 435 g/mol. The van der Waals surface area contributed by atoms with E-state index in [1.54, 1.807) is 11.3 Å². The highest BCUT2D eigenvalue weighted by Crippen LogP contribution is 2.27. The molecule has 1 saturated heterocycles. The van der Waals surface area contributed by atoms with Gasteiger partial charge in [-0.2, -0.15) is 0 Å². The Balaban J connectivity index is 0.00000225. The molecule has 0 unspecified atom stereocenters. The summed E-state index contributed by atoms with van der Waals surface area (Å²) in [5.41, 5.74) is 8.80. The molecule has 2 heterocycles. The molecule has 0 radical (unpaired) electrons. The Morgan fingerprint density at radius 3 is 2.61 bits per heavy atom. The Morgan fingerprint density at radius 2 is 1.86 bits per heavy atom. The zero-order chi connectivity index (χ0) is 18.6. The molecule has 1 aromatic heterocycles. The summed E-state index contributed by atoms with van der Waals surface area (Å²) in [4.78, 5) is 7.10. The summed E-state index contributed by atoms with van der Waals surface area (Å²) >= 11 is 7.53. The van der Waals surface area contributed by atoms with E-state index in [2.05, 4.69) is 34.5 Å². The fourth-order valence-electron chi connectivity index (χ4n) is 3.49. The van der Waals surface area contributed by atoms with E-state index in [0.29, 0.717) is 17.5 Å². The van der Waals surface area contributed by atoms with E-state index < -0.39 is 0 Å². The molecule has 1 aliphatic rings. The van der Waals surface area contributed by atoms with Crippen LogP contribution < -0.4 is 10.5 Å². The second-order valence-corrected chi connectivity index (χ2v) is 8.23. The van der Waals surface area contributed by atoms with Crippen molar-refractivity contribution in [2.45, 2.75) is 25.1 Å². The number of halogens is 2. The zero-order valence-electron chi connectivity index (χ0n) is 15.3. The number of aromatic nitrogens is 1. The molecule has 0 amide bonds. The van der Waals surface area contributed by atoms with Crippen LogP contribution >= 0.6 is 35.3 Å². The third kappa shape index (κ3) is 5.25. The lowest BCUT2D eigenvalue weighted by atomic mass is 9.95. The van der Waals surface area contributed by atoms with E-state index in [1.807, 2.05) is 30.3 Å². The molecule has 2 aromatic carbocycles. The average Bonchev–Trinajstić information content (AvgIpc) is 3.28. The second-order valence-electron chi connectivity index (χ2n) is 6.85. The molecule has 0 aliphatic carbocycles. The molecule has 2 N–H and O–H groups in total. The van der Waals surface area contributed by atoms with Crippen LogP contribution in [0.1, 0.15) is 22.2 Å². The number of hydrogen-bond acceptors (Lipinski definition) is 5. The fourth-order valence-corrected chi connectivity index (χ4v) is 4.31. The van der Waals surface area contributed by atoms with Crippen molar-refractivity contribution in [1.82, 2.24) is 9.88 Å². The third-order valence-electron chi connectivity index (χ3n) is 4.83. The topological polar surface area (TPSA) is 51.4 Å². The molecule has 1 fully saturated rings. The molecular weight excluding hydrogens is 413 g/mol. The van der Waals surface area contributed by atoms with E-state index >= 15 is 0 Å². The molecule has 2 atom stereocenters. The van der Waals surface area contributed by atoms with Gasteiger partial charge in [-0.15, -0.1) is 23.7 Å². The van der Waals surface area contributed by atoms with Gasteiger partial charge in [0.2, 0.25) is 0 Å². The number of nitrogens with zero attached hydrogens (tertiary/aromatic N) is 2. The highest BCUT2D eigenvalue weighted by Gasteiger charge is 2.31. The zero-order valence-corrected chi connectivity index (χ0v) is 17.7. The summed E-state index contributed by atoms with van der Waals surface area (Å²) < 4.78 is 5.78. The van der Waals surface area contributed by atoms with E-state index in [9.17, 15) is 0 Å². The van der Waals surface area contributed by atoms with Crippen molar-refractivity contribution < 1.29 is 4.74 Å². The van der Waals surface area contributed by atoms with Crippen molar-refractivity contribution in [3.8, 4) is 5.75 Å². The average molecular weight is 436 g/mol. The van der Waals surface area contributed by atoms with Crippen molar-refractivity contribution in [3.05, 3.63) is 81.3 Å². The number of benzene rings is 2. The SMILES string of the molecule is Cl.N[C@@H]1CN(Cc2csc(COc3ccc(Cl)cc3)n2)C[C@H]1c1ccccc1. The second kappa shape index (κ2) is 9.72. The maximum absolute atomic E-state index is 6.39. The van der Waals surface area contributed by atoms with Gasteiger partial charge in [0.05, 0.1) is 5.69 Å². The van der Waals surface area contributed by atoms with Gasteiger partial charge in [0.25, 0.3) is 0 Å². The Labute approximate surface area is 180 Å². The molecule has 0 bridgehead atoms. The first-order valence-electron chi connectivity index (χ1n) is 9.02. The van der Waals surface area contributed by atoms with Gasteiger partial charge in [0, 0.05) is 42.0 Å². The van der Waals surface area contributed by atoms with Gasteiger partial charge >= 0.3 is 0 Å². The summed E-state index contributed by atoms with van der Waals surface area (Å²) in [6, 6.07) is 18.1. The summed E-state index contributed by atoms with van der Waals surface area (Å²) in [6.45, 7) is 3.17. The minimum absolute atomic E-state index is 0. The van der Waals surface area contributed by atoms with Gasteiger partial charge in [-0.3, -0.25) is 4.90 Å². The van der Waals surface area contributed by atoms with Crippen molar-refractivity contribution in [1.29, 1.82) is 0 Å². The first kappa shape index (κ1) is 21.1. The quantitative estimate of drug-likeness (QED) is 0.608. The lowest BCUT2D eigenvalue weighted by Crippen LogP contribution is -2.28. The van der Waals surface area contributed by atoms with Crippen molar-refractivity contribution in [3.63, 3.8) is 0 Å². The van der Waals surface area contributed by atoms with Crippen LogP contribution in [0.2, 0.25) is 5.02 Å². The number of ether oxygens (including phenoxy) is 1. The molecule has 7 heteroatoms. The Hall–Kier alpha value is -1.63. The molecule has 3 aromatic rings. The first-order chi connectivity index (χ1) is 13.2. The van der Waals surface area contributed by atoms with Crippen LogP contribution in [0.15, 0.2) is 60.0 Å². The number of hydrogen-bond donors (Lipinski definition) is 1. The van der Waals surface area contributed by atoms with E-state index in [4.69, 9.17) is 27.1 Å². The van der Waals surface area contributed by atoms with Crippen LogP contribution in [-0.4, -0.2) is 29.0 Å². The Morgan fingerprint density at radius 1 is 1.11 bits per heavy atom. The van der Waals surface area contributed by atoms with Gasteiger partial charge in [0.1, 0.15) is 17.4 Å². The Kier molecular flexibility index (Phi) is 7.32. The van der Waals surface area contributed by atoms with Crippen LogP contribution in [0, 0.1) is 0 Å².